The number of nitrogens with zero attached hydrogens (tertiary/aromatic N) is 1. The Morgan fingerprint density at radius 2 is 2.00 bits per heavy atom. The average molecular weight is 234 g/mol. The van der Waals surface area contributed by atoms with Crippen LogP contribution in [-0.4, -0.2) is 31.1 Å². The predicted octanol–water partition coefficient (Wildman–Crippen LogP) is 2.81. The zero-order chi connectivity index (χ0) is 12.8. The molecular formula is C15H26N2. The lowest BCUT2D eigenvalue weighted by Crippen LogP contribution is -2.35. The van der Waals surface area contributed by atoms with Crippen LogP contribution in [0.5, 0.6) is 0 Å². The number of rotatable bonds is 6. The number of benzene rings is 1. The number of nitrogens with one attached hydrogen (secondary N) is 1. The van der Waals surface area contributed by atoms with E-state index in [1.54, 1.807) is 0 Å². The molecule has 0 bridgehead atoms. The van der Waals surface area contributed by atoms with Crippen LogP contribution in [0.4, 0.5) is 0 Å². The molecule has 0 amide bonds. The van der Waals surface area contributed by atoms with Gasteiger partial charge in [0.2, 0.25) is 0 Å². The summed E-state index contributed by atoms with van der Waals surface area (Å²) in [6.07, 6.45) is 1.18. The monoisotopic (exact) mass is 234 g/mol. The molecule has 2 nitrogen and oxygen atoms in total. The van der Waals surface area contributed by atoms with Gasteiger partial charge in [-0.25, -0.2) is 0 Å². The summed E-state index contributed by atoms with van der Waals surface area (Å²) in [5.74, 6) is 0. The fourth-order valence-electron chi connectivity index (χ4n) is 2.06. The Bertz CT molecular complexity index is 335. The second kappa shape index (κ2) is 6.77. The van der Waals surface area contributed by atoms with Crippen LogP contribution in [-0.2, 0) is 6.54 Å². The van der Waals surface area contributed by atoms with Crippen molar-refractivity contribution in [3.63, 3.8) is 0 Å². The van der Waals surface area contributed by atoms with Gasteiger partial charge in [0.25, 0.3) is 0 Å². The number of aryl methyl sites for hydroxylation is 1. The maximum absolute atomic E-state index is 3.30. The third-order valence-corrected chi connectivity index (χ3v) is 3.45. The Balaban J connectivity index is 2.50. The van der Waals surface area contributed by atoms with Crippen LogP contribution >= 0.6 is 0 Å². The molecule has 1 aromatic carbocycles. The smallest absolute Gasteiger partial charge is 0.0233 e. The van der Waals surface area contributed by atoms with E-state index >= 15 is 0 Å². The molecule has 0 spiro atoms. The van der Waals surface area contributed by atoms with Crippen molar-refractivity contribution in [3.05, 3.63) is 35.4 Å². The minimum atomic E-state index is 0.574. The summed E-state index contributed by atoms with van der Waals surface area (Å²) in [6.45, 7) is 7.70. The first kappa shape index (κ1) is 14.2. The Morgan fingerprint density at radius 1 is 1.29 bits per heavy atom. The standard InChI is InChI=1S/C15H26N2/c1-12-7-6-8-15(9-12)11-17(5)14(3)10-13(2)16-4/h6-9,13-14,16H,10-11H2,1-5H3. The highest BCUT2D eigenvalue weighted by molar-refractivity contribution is 5.22. The van der Waals surface area contributed by atoms with Crippen LogP contribution < -0.4 is 5.32 Å². The van der Waals surface area contributed by atoms with Gasteiger partial charge in [0.15, 0.2) is 0 Å². The van der Waals surface area contributed by atoms with E-state index in [2.05, 4.69) is 62.3 Å². The van der Waals surface area contributed by atoms with Gasteiger partial charge in [0, 0.05) is 18.6 Å². The molecule has 17 heavy (non-hydrogen) atoms. The summed E-state index contributed by atoms with van der Waals surface area (Å²) >= 11 is 0. The zero-order valence-electron chi connectivity index (χ0n) is 11.8. The summed E-state index contributed by atoms with van der Waals surface area (Å²) < 4.78 is 0. The van der Waals surface area contributed by atoms with E-state index in [9.17, 15) is 0 Å². The lowest BCUT2D eigenvalue weighted by Gasteiger charge is -2.27. The SMILES string of the molecule is CNC(C)CC(C)N(C)Cc1cccc(C)c1. The summed E-state index contributed by atoms with van der Waals surface area (Å²) in [5.41, 5.74) is 2.74. The lowest BCUT2D eigenvalue weighted by atomic mass is 10.1. The minimum absolute atomic E-state index is 0.574. The highest BCUT2D eigenvalue weighted by Crippen LogP contribution is 2.11. The van der Waals surface area contributed by atoms with E-state index in [1.807, 2.05) is 7.05 Å². The molecule has 96 valence electrons. The largest absolute Gasteiger partial charge is 0.317 e. The number of hydrogen-bond acceptors (Lipinski definition) is 2. The van der Waals surface area contributed by atoms with E-state index in [4.69, 9.17) is 0 Å². The number of hydrogen-bond donors (Lipinski definition) is 1. The van der Waals surface area contributed by atoms with Crippen LogP contribution in [0.1, 0.15) is 31.4 Å². The molecule has 0 aliphatic carbocycles. The average Bonchev–Trinajstić information content (AvgIpc) is 2.28. The third-order valence-electron chi connectivity index (χ3n) is 3.45. The molecule has 0 fully saturated rings. The van der Waals surface area contributed by atoms with Crippen molar-refractivity contribution in [2.45, 2.75) is 45.8 Å². The molecule has 0 aromatic heterocycles. The molecule has 2 unspecified atom stereocenters. The molecule has 1 rings (SSSR count). The van der Waals surface area contributed by atoms with Crippen LogP contribution in [0.15, 0.2) is 24.3 Å². The van der Waals surface area contributed by atoms with Gasteiger partial charge in [0.1, 0.15) is 0 Å². The Hall–Kier alpha value is -0.860. The molecular weight excluding hydrogens is 208 g/mol. The second-order valence-corrected chi connectivity index (χ2v) is 5.18. The Kier molecular flexibility index (Phi) is 5.66. The quantitative estimate of drug-likeness (QED) is 0.814. The summed E-state index contributed by atoms with van der Waals surface area (Å²) in [5, 5.41) is 3.30. The predicted molar refractivity (Wildman–Crippen MR) is 75.2 cm³/mol. The molecule has 0 aliphatic heterocycles. The zero-order valence-corrected chi connectivity index (χ0v) is 11.8. The second-order valence-electron chi connectivity index (χ2n) is 5.18. The van der Waals surface area contributed by atoms with E-state index in [-0.39, 0.29) is 0 Å². The van der Waals surface area contributed by atoms with Crippen molar-refractivity contribution in [1.82, 2.24) is 10.2 Å². The van der Waals surface area contributed by atoms with Crippen LogP contribution in [0.25, 0.3) is 0 Å². The first-order valence-corrected chi connectivity index (χ1v) is 6.46. The minimum Gasteiger partial charge on any atom is -0.317 e. The third kappa shape index (κ3) is 4.88. The van der Waals surface area contributed by atoms with Crippen LogP contribution in [0.3, 0.4) is 0 Å². The van der Waals surface area contributed by atoms with Crippen LogP contribution in [0, 0.1) is 6.92 Å². The molecule has 0 radical (unpaired) electrons. The first-order chi connectivity index (χ1) is 8.02. The molecule has 0 heterocycles. The lowest BCUT2D eigenvalue weighted by molar-refractivity contribution is 0.224. The summed E-state index contributed by atoms with van der Waals surface area (Å²) in [4.78, 5) is 2.42. The summed E-state index contributed by atoms with van der Waals surface area (Å²) in [7, 11) is 4.23. The Labute approximate surface area is 106 Å². The van der Waals surface area contributed by atoms with Gasteiger partial charge in [0.05, 0.1) is 0 Å². The van der Waals surface area contributed by atoms with E-state index < -0.39 is 0 Å². The fraction of sp³-hybridized carbons (Fsp3) is 0.600. The van der Waals surface area contributed by atoms with E-state index in [1.165, 1.54) is 17.5 Å². The van der Waals surface area contributed by atoms with Crippen molar-refractivity contribution >= 4 is 0 Å². The van der Waals surface area contributed by atoms with Crippen molar-refractivity contribution < 1.29 is 0 Å². The highest BCUT2D eigenvalue weighted by Gasteiger charge is 2.12. The Morgan fingerprint density at radius 3 is 2.59 bits per heavy atom. The van der Waals surface area contributed by atoms with Gasteiger partial charge in [-0.3, -0.25) is 4.90 Å². The molecule has 1 N–H and O–H groups in total. The van der Waals surface area contributed by atoms with Gasteiger partial charge in [-0.2, -0.15) is 0 Å². The molecule has 0 saturated carbocycles. The topological polar surface area (TPSA) is 15.3 Å². The van der Waals surface area contributed by atoms with Gasteiger partial charge in [-0.15, -0.1) is 0 Å². The highest BCUT2D eigenvalue weighted by atomic mass is 15.1. The van der Waals surface area contributed by atoms with Gasteiger partial charge >= 0.3 is 0 Å². The van der Waals surface area contributed by atoms with Crippen molar-refractivity contribution in [2.24, 2.45) is 0 Å². The van der Waals surface area contributed by atoms with E-state index in [0.29, 0.717) is 12.1 Å². The normalized spacial score (nSPS) is 14.9. The van der Waals surface area contributed by atoms with Gasteiger partial charge < -0.3 is 5.32 Å². The maximum Gasteiger partial charge on any atom is 0.0233 e. The van der Waals surface area contributed by atoms with Crippen molar-refractivity contribution in [2.75, 3.05) is 14.1 Å². The van der Waals surface area contributed by atoms with E-state index in [0.717, 1.165) is 6.54 Å². The molecule has 1 aromatic rings. The van der Waals surface area contributed by atoms with Gasteiger partial charge in [-0.05, 0) is 46.9 Å². The molecule has 0 aliphatic rings. The van der Waals surface area contributed by atoms with Crippen molar-refractivity contribution in [1.29, 1.82) is 0 Å². The molecule has 2 heteroatoms. The summed E-state index contributed by atoms with van der Waals surface area (Å²) in [6, 6.07) is 9.93. The molecule has 0 saturated heterocycles. The first-order valence-electron chi connectivity index (χ1n) is 6.46. The van der Waals surface area contributed by atoms with Gasteiger partial charge in [-0.1, -0.05) is 29.8 Å². The van der Waals surface area contributed by atoms with Crippen molar-refractivity contribution in [3.8, 4) is 0 Å². The fourth-order valence-corrected chi connectivity index (χ4v) is 2.06. The molecule has 2 atom stereocenters. The maximum atomic E-state index is 3.30. The van der Waals surface area contributed by atoms with Crippen LogP contribution in [0.2, 0.25) is 0 Å².